The van der Waals surface area contributed by atoms with Gasteiger partial charge in [-0.15, -0.1) is 11.6 Å². The maximum Gasteiger partial charge on any atom is 0.166 e. The van der Waals surface area contributed by atoms with Crippen LogP contribution < -0.4 is 0 Å². The van der Waals surface area contributed by atoms with Crippen molar-refractivity contribution in [3.05, 3.63) is 5.21 Å². The number of hydroxylamine groups is 1. The highest BCUT2D eigenvalue weighted by atomic mass is 35.5. The third-order valence-corrected chi connectivity index (χ3v) is 2.32. The molecule has 1 saturated carbocycles. The SMILES string of the molecule is [O-]/[N+](=C\CCl)C1CCCCC1. The summed E-state index contributed by atoms with van der Waals surface area (Å²) in [6, 6.07) is 0.211. The summed E-state index contributed by atoms with van der Waals surface area (Å²) in [6.45, 7) is 0. The Balaban J connectivity index is 2.38. The second-order valence-electron chi connectivity index (χ2n) is 2.99. The Bertz CT molecular complexity index is 141. The molecular formula is C8H14ClNO. The number of nitrogens with zero attached hydrogens (tertiary/aromatic N) is 1. The zero-order valence-electron chi connectivity index (χ0n) is 6.63. The van der Waals surface area contributed by atoms with E-state index >= 15 is 0 Å². The molecular weight excluding hydrogens is 162 g/mol. The summed E-state index contributed by atoms with van der Waals surface area (Å²) in [5.74, 6) is 0.333. The molecule has 1 aliphatic carbocycles. The standard InChI is InChI=1S/C8H14ClNO/c9-6-7-10(11)8-4-2-1-3-5-8/h7-8H,1-6H2/b10-7-. The number of halogens is 1. The highest BCUT2D eigenvalue weighted by molar-refractivity contribution is 6.24. The average Bonchev–Trinajstić information content (AvgIpc) is 2.07. The van der Waals surface area contributed by atoms with Gasteiger partial charge in [-0.1, -0.05) is 6.42 Å². The predicted octanol–water partition coefficient (Wildman–Crippen LogP) is 2.14. The lowest BCUT2D eigenvalue weighted by Gasteiger charge is -2.20. The van der Waals surface area contributed by atoms with Crippen molar-refractivity contribution >= 4 is 17.8 Å². The van der Waals surface area contributed by atoms with E-state index in [2.05, 4.69) is 0 Å². The Kier molecular flexibility index (Phi) is 3.70. The molecule has 1 fully saturated rings. The van der Waals surface area contributed by atoms with Crippen molar-refractivity contribution in [3.8, 4) is 0 Å². The first-order valence-electron chi connectivity index (χ1n) is 4.19. The van der Waals surface area contributed by atoms with Crippen LogP contribution in [0.3, 0.4) is 0 Å². The Morgan fingerprint density at radius 2 is 2.00 bits per heavy atom. The van der Waals surface area contributed by atoms with E-state index in [4.69, 9.17) is 11.6 Å². The van der Waals surface area contributed by atoms with Crippen LogP contribution in [0.2, 0.25) is 0 Å². The van der Waals surface area contributed by atoms with Crippen LogP contribution >= 0.6 is 11.6 Å². The van der Waals surface area contributed by atoms with Gasteiger partial charge >= 0.3 is 0 Å². The summed E-state index contributed by atoms with van der Waals surface area (Å²) in [4.78, 5) is 0. The molecule has 0 atom stereocenters. The maximum atomic E-state index is 11.2. The molecule has 64 valence electrons. The predicted molar refractivity (Wildman–Crippen MR) is 47.3 cm³/mol. The smallest absolute Gasteiger partial charge is 0.166 e. The normalized spacial score (nSPS) is 22.1. The average molecular weight is 176 g/mol. The second kappa shape index (κ2) is 4.60. The summed E-state index contributed by atoms with van der Waals surface area (Å²) in [5, 5.41) is 11.2. The highest BCUT2D eigenvalue weighted by Gasteiger charge is 2.18. The van der Waals surface area contributed by atoms with E-state index < -0.39 is 0 Å². The van der Waals surface area contributed by atoms with Gasteiger partial charge in [0.05, 0.1) is 0 Å². The van der Waals surface area contributed by atoms with E-state index in [0.717, 1.165) is 17.6 Å². The summed E-state index contributed by atoms with van der Waals surface area (Å²) < 4.78 is 1.03. The van der Waals surface area contributed by atoms with Gasteiger partial charge in [0.1, 0.15) is 5.88 Å². The van der Waals surface area contributed by atoms with E-state index in [1.807, 2.05) is 0 Å². The van der Waals surface area contributed by atoms with Gasteiger partial charge < -0.3 is 5.21 Å². The first-order chi connectivity index (χ1) is 5.34. The minimum absolute atomic E-state index is 0.211. The topological polar surface area (TPSA) is 26.1 Å². The van der Waals surface area contributed by atoms with Crippen LogP contribution in [-0.2, 0) is 0 Å². The van der Waals surface area contributed by atoms with Crippen molar-refractivity contribution in [2.45, 2.75) is 38.1 Å². The summed E-state index contributed by atoms with van der Waals surface area (Å²) in [6.07, 6.45) is 7.27. The fourth-order valence-corrected chi connectivity index (χ4v) is 1.69. The van der Waals surface area contributed by atoms with E-state index in [1.165, 1.54) is 25.5 Å². The molecule has 0 aromatic rings. The van der Waals surface area contributed by atoms with Crippen molar-refractivity contribution in [3.63, 3.8) is 0 Å². The van der Waals surface area contributed by atoms with Gasteiger partial charge in [-0.3, -0.25) is 0 Å². The zero-order valence-corrected chi connectivity index (χ0v) is 7.39. The van der Waals surface area contributed by atoms with E-state index in [0.29, 0.717) is 5.88 Å². The molecule has 1 aliphatic rings. The zero-order chi connectivity index (χ0) is 8.10. The Labute approximate surface area is 72.4 Å². The fourth-order valence-electron chi connectivity index (χ4n) is 1.55. The molecule has 0 bridgehead atoms. The molecule has 2 nitrogen and oxygen atoms in total. The number of alkyl halides is 1. The molecule has 0 aliphatic heterocycles. The first kappa shape index (κ1) is 8.85. The molecule has 0 saturated heterocycles. The van der Waals surface area contributed by atoms with Crippen LogP contribution in [0.25, 0.3) is 0 Å². The number of rotatable bonds is 2. The number of hydrogen-bond donors (Lipinski definition) is 0. The Morgan fingerprint density at radius 1 is 1.36 bits per heavy atom. The van der Waals surface area contributed by atoms with Crippen molar-refractivity contribution in [2.75, 3.05) is 5.88 Å². The largest absolute Gasteiger partial charge is 0.624 e. The van der Waals surface area contributed by atoms with Crippen molar-refractivity contribution in [1.29, 1.82) is 0 Å². The van der Waals surface area contributed by atoms with Crippen LogP contribution in [0.5, 0.6) is 0 Å². The van der Waals surface area contributed by atoms with Gasteiger partial charge in [0.15, 0.2) is 12.3 Å². The monoisotopic (exact) mass is 175 g/mol. The van der Waals surface area contributed by atoms with E-state index in [1.54, 1.807) is 0 Å². The first-order valence-corrected chi connectivity index (χ1v) is 4.73. The third kappa shape index (κ3) is 2.70. The molecule has 0 aromatic carbocycles. The lowest BCUT2D eigenvalue weighted by molar-refractivity contribution is -0.501. The Hall–Kier alpha value is -0.240. The minimum atomic E-state index is 0.211. The second-order valence-corrected chi connectivity index (χ2v) is 3.30. The highest BCUT2D eigenvalue weighted by Crippen LogP contribution is 2.19. The molecule has 3 heteroatoms. The summed E-state index contributed by atoms with van der Waals surface area (Å²) in [5.41, 5.74) is 0. The minimum Gasteiger partial charge on any atom is -0.624 e. The van der Waals surface area contributed by atoms with Crippen LogP contribution in [0.15, 0.2) is 0 Å². The quantitative estimate of drug-likeness (QED) is 0.208. The van der Waals surface area contributed by atoms with Crippen molar-refractivity contribution < 1.29 is 4.74 Å². The summed E-state index contributed by atoms with van der Waals surface area (Å²) in [7, 11) is 0. The summed E-state index contributed by atoms with van der Waals surface area (Å²) >= 11 is 5.42. The van der Waals surface area contributed by atoms with Gasteiger partial charge in [-0.25, -0.2) is 4.74 Å². The van der Waals surface area contributed by atoms with Crippen molar-refractivity contribution in [1.82, 2.24) is 0 Å². The lowest BCUT2D eigenvalue weighted by atomic mass is 9.96. The molecule has 0 aromatic heterocycles. The van der Waals surface area contributed by atoms with Crippen LogP contribution in [0.1, 0.15) is 32.1 Å². The molecule has 0 N–H and O–H groups in total. The molecule has 0 spiro atoms. The van der Waals surface area contributed by atoms with E-state index in [-0.39, 0.29) is 6.04 Å². The maximum absolute atomic E-state index is 11.2. The molecule has 0 unspecified atom stereocenters. The van der Waals surface area contributed by atoms with Gasteiger partial charge in [0.25, 0.3) is 0 Å². The molecule has 0 heterocycles. The third-order valence-electron chi connectivity index (χ3n) is 2.18. The van der Waals surface area contributed by atoms with Gasteiger partial charge in [-0.2, -0.15) is 0 Å². The van der Waals surface area contributed by atoms with Crippen molar-refractivity contribution in [2.24, 2.45) is 0 Å². The van der Waals surface area contributed by atoms with Crippen LogP contribution in [0.4, 0.5) is 0 Å². The Morgan fingerprint density at radius 3 is 2.55 bits per heavy atom. The molecule has 0 amide bonds. The molecule has 11 heavy (non-hydrogen) atoms. The lowest BCUT2D eigenvalue weighted by Crippen LogP contribution is -2.25. The van der Waals surface area contributed by atoms with Gasteiger partial charge in [-0.05, 0) is 12.8 Å². The van der Waals surface area contributed by atoms with E-state index in [9.17, 15) is 5.21 Å². The van der Waals surface area contributed by atoms with Crippen LogP contribution in [0, 0.1) is 5.21 Å². The van der Waals surface area contributed by atoms with Crippen LogP contribution in [-0.4, -0.2) is 22.9 Å². The van der Waals surface area contributed by atoms with Gasteiger partial charge in [0, 0.05) is 12.8 Å². The van der Waals surface area contributed by atoms with Gasteiger partial charge in [0.2, 0.25) is 0 Å². The fraction of sp³-hybridized carbons (Fsp3) is 0.875. The molecule has 0 radical (unpaired) electrons. The molecule has 1 rings (SSSR count). The number of hydrogen-bond acceptors (Lipinski definition) is 1.